The van der Waals surface area contributed by atoms with E-state index in [-0.39, 0.29) is 0 Å². The van der Waals surface area contributed by atoms with E-state index < -0.39 is 0 Å². The summed E-state index contributed by atoms with van der Waals surface area (Å²) < 4.78 is 0. The lowest BCUT2D eigenvalue weighted by Gasteiger charge is -2.30. The molecule has 2 N–H and O–H groups in total. The summed E-state index contributed by atoms with van der Waals surface area (Å²) in [6.07, 6.45) is 7.04. The van der Waals surface area contributed by atoms with Crippen molar-refractivity contribution < 1.29 is 0 Å². The van der Waals surface area contributed by atoms with Gasteiger partial charge in [-0.1, -0.05) is 13.8 Å². The van der Waals surface area contributed by atoms with Crippen molar-refractivity contribution in [2.75, 3.05) is 19.6 Å². The molecule has 94 valence electrons. The molecule has 0 bridgehead atoms. The lowest BCUT2D eigenvalue weighted by atomic mass is 9.89. The van der Waals surface area contributed by atoms with Crippen LogP contribution in [0.15, 0.2) is 0 Å². The molecule has 1 saturated carbocycles. The van der Waals surface area contributed by atoms with E-state index in [1.54, 1.807) is 0 Å². The highest BCUT2D eigenvalue weighted by atomic mass is 15.2. The molecule has 0 aromatic heterocycles. The van der Waals surface area contributed by atoms with Crippen LogP contribution in [-0.2, 0) is 0 Å². The number of likely N-dealkylation sites (tertiary alicyclic amines) is 1. The van der Waals surface area contributed by atoms with Crippen molar-refractivity contribution in [1.82, 2.24) is 4.90 Å². The second-order valence-corrected chi connectivity index (χ2v) is 6.11. The molecule has 0 spiro atoms. The van der Waals surface area contributed by atoms with Crippen molar-refractivity contribution >= 4 is 0 Å². The molecule has 1 aliphatic heterocycles. The fourth-order valence-corrected chi connectivity index (χ4v) is 3.26. The summed E-state index contributed by atoms with van der Waals surface area (Å²) in [5, 5.41) is 0. The van der Waals surface area contributed by atoms with Gasteiger partial charge in [0.1, 0.15) is 0 Å². The van der Waals surface area contributed by atoms with Crippen LogP contribution in [0.3, 0.4) is 0 Å². The molecule has 2 heteroatoms. The zero-order chi connectivity index (χ0) is 11.5. The molecule has 0 radical (unpaired) electrons. The van der Waals surface area contributed by atoms with Crippen molar-refractivity contribution in [2.24, 2.45) is 23.5 Å². The first-order chi connectivity index (χ1) is 7.72. The maximum absolute atomic E-state index is 5.95. The van der Waals surface area contributed by atoms with Crippen LogP contribution < -0.4 is 5.73 Å². The van der Waals surface area contributed by atoms with E-state index in [2.05, 4.69) is 18.7 Å². The zero-order valence-electron chi connectivity index (χ0n) is 11.0. The molecule has 2 nitrogen and oxygen atoms in total. The summed E-state index contributed by atoms with van der Waals surface area (Å²) >= 11 is 0. The minimum Gasteiger partial charge on any atom is -0.329 e. The molecule has 1 saturated heterocycles. The molecular formula is C14H28N2. The van der Waals surface area contributed by atoms with Gasteiger partial charge in [0.2, 0.25) is 0 Å². The summed E-state index contributed by atoms with van der Waals surface area (Å²) in [7, 11) is 0. The van der Waals surface area contributed by atoms with Gasteiger partial charge in [0, 0.05) is 12.6 Å². The number of hydrogen-bond acceptors (Lipinski definition) is 2. The van der Waals surface area contributed by atoms with Crippen molar-refractivity contribution in [3.8, 4) is 0 Å². The first kappa shape index (κ1) is 12.4. The van der Waals surface area contributed by atoms with E-state index in [9.17, 15) is 0 Å². The number of nitrogens with two attached hydrogens (primary N) is 1. The van der Waals surface area contributed by atoms with Gasteiger partial charge < -0.3 is 5.73 Å². The van der Waals surface area contributed by atoms with E-state index in [0.29, 0.717) is 6.04 Å². The SMILES string of the molecule is CC(C)C1CCCN(C(CN)C2CC2)CC1. The van der Waals surface area contributed by atoms with Gasteiger partial charge in [-0.25, -0.2) is 0 Å². The van der Waals surface area contributed by atoms with E-state index in [1.807, 2.05) is 0 Å². The average Bonchev–Trinajstić information content (AvgIpc) is 3.05. The predicted octanol–water partition coefficient (Wildman–Crippen LogP) is 2.48. The largest absolute Gasteiger partial charge is 0.329 e. The molecule has 2 aliphatic rings. The maximum Gasteiger partial charge on any atom is 0.0246 e. The number of rotatable bonds is 4. The van der Waals surface area contributed by atoms with Crippen LogP contribution >= 0.6 is 0 Å². The Morgan fingerprint density at radius 2 is 1.81 bits per heavy atom. The zero-order valence-corrected chi connectivity index (χ0v) is 11.0. The molecule has 0 amide bonds. The molecule has 2 unspecified atom stereocenters. The highest BCUT2D eigenvalue weighted by Crippen LogP contribution is 2.36. The quantitative estimate of drug-likeness (QED) is 0.795. The van der Waals surface area contributed by atoms with Crippen LogP contribution in [-0.4, -0.2) is 30.6 Å². The standard InChI is InChI=1S/C14H28N2/c1-11(2)12-4-3-8-16(9-7-12)14(10-15)13-5-6-13/h11-14H,3-10,15H2,1-2H3. The van der Waals surface area contributed by atoms with Crippen LogP contribution in [0.25, 0.3) is 0 Å². The van der Waals surface area contributed by atoms with E-state index >= 15 is 0 Å². The molecule has 1 aliphatic carbocycles. The molecule has 2 atom stereocenters. The number of hydrogen-bond donors (Lipinski definition) is 1. The van der Waals surface area contributed by atoms with Crippen molar-refractivity contribution in [3.05, 3.63) is 0 Å². The Morgan fingerprint density at radius 3 is 2.38 bits per heavy atom. The lowest BCUT2D eigenvalue weighted by Crippen LogP contribution is -2.42. The minimum absolute atomic E-state index is 0.700. The van der Waals surface area contributed by atoms with Crippen LogP contribution in [0.2, 0.25) is 0 Å². The maximum atomic E-state index is 5.95. The Labute approximate surface area is 101 Å². The van der Waals surface area contributed by atoms with Crippen molar-refractivity contribution in [3.63, 3.8) is 0 Å². The summed E-state index contributed by atoms with van der Waals surface area (Å²) in [6, 6.07) is 0.700. The molecule has 2 rings (SSSR count). The van der Waals surface area contributed by atoms with Gasteiger partial charge >= 0.3 is 0 Å². The Hall–Kier alpha value is -0.0800. The smallest absolute Gasteiger partial charge is 0.0246 e. The predicted molar refractivity (Wildman–Crippen MR) is 69.3 cm³/mol. The molecule has 16 heavy (non-hydrogen) atoms. The highest BCUT2D eigenvalue weighted by Gasteiger charge is 2.35. The third-order valence-electron chi connectivity index (χ3n) is 4.63. The third-order valence-corrected chi connectivity index (χ3v) is 4.63. The molecular weight excluding hydrogens is 196 g/mol. The summed E-state index contributed by atoms with van der Waals surface area (Å²) in [5.41, 5.74) is 5.95. The van der Waals surface area contributed by atoms with Gasteiger partial charge in [0.15, 0.2) is 0 Å². The van der Waals surface area contributed by atoms with E-state index in [4.69, 9.17) is 5.73 Å². The normalized spacial score (nSPS) is 30.4. The highest BCUT2D eigenvalue weighted by molar-refractivity contribution is 4.90. The fourth-order valence-electron chi connectivity index (χ4n) is 3.26. The van der Waals surface area contributed by atoms with Crippen LogP contribution in [0.4, 0.5) is 0 Å². The average molecular weight is 224 g/mol. The van der Waals surface area contributed by atoms with Crippen molar-refractivity contribution in [1.29, 1.82) is 0 Å². The van der Waals surface area contributed by atoms with Crippen LogP contribution in [0.5, 0.6) is 0 Å². The topological polar surface area (TPSA) is 29.3 Å². The Morgan fingerprint density at radius 1 is 1.06 bits per heavy atom. The fraction of sp³-hybridized carbons (Fsp3) is 1.00. The second-order valence-electron chi connectivity index (χ2n) is 6.11. The number of nitrogens with zero attached hydrogens (tertiary/aromatic N) is 1. The Bertz CT molecular complexity index is 211. The van der Waals surface area contributed by atoms with Gasteiger partial charge in [-0.2, -0.15) is 0 Å². The Kier molecular flexibility index (Phi) is 4.26. The third kappa shape index (κ3) is 2.98. The molecule has 0 aromatic carbocycles. The lowest BCUT2D eigenvalue weighted by molar-refractivity contribution is 0.183. The van der Waals surface area contributed by atoms with Crippen LogP contribution in [0, 0.1) is 17.8 Å². The van der Waals surface area contributed by atoms with E-state index in [1.165, 1.54) is 45.2 Å². The first-order valence-corrected chi connectivity index (χ1v) is 7.16. The van der Waals surface area contributed by atoms with Gasteiger partial charge in [-0.05, 0) is 62.9 Å². The van der Waals surface area contributed by atoms with Gasteiger partial charge in [0.05, 0.1) is 0 Å². The Balaban J connectivity index is 1.87. The molecule has 2 fully saturated rings. The molecule has 0 aromatic rings. The van der Waals surface area contributed by atoms with Crippen LogP contribution in [0.1, 0.15) is 46.0 Å². The summed E-state index contributed by atoms with van der Waals surface area (Å²) in [5.74, 6) is 2.74. The van der Waals surface area contributed by atoms with Gasteiger partial charge in [-0.3, -0.25) is 4.90 Å². The van der Waals surface area contributed by atoms with Gasteiger partial charge in [0.25, 0.3) is 0 Å². The monoisotopic (exact) mass is 224 g/mol. The minimum atomic E-state index is 0.700. The van der Waals surface area contributed by atoms with Gasteiger partial charge in [-0.15, -0.1) is 0 Å². The summed E-state index contributed by atoms with van der Waals surface area (Å²) in [4.78, 5) is 2.69. The molecule has 1 heterocycles. The second kappa shape index (κ2) is 5.50. The summed E-state index contributed by atoms with van der Waals surface area (Å²) in [6.45, 7) is 8.21. The first-order valence-electron chi connectivity index (χ1n) is 7.16. The van der Waals surface area contributed by atoms with Crippen molar-refractivity contribution in [2.45, 2.75) is 52.0 Å². The van der Waals surface area contributed by atoms with E-state index in [0.717, 1.165) is 24.3 Å².